The minimum absolute atomic E-state index is 0.124. The Morgan fingerprint density at radius 3 is 2.90 bits per heavy atom. The molecule has 1 aromatic heterocycles. The SMILES string of the molecule is Cc1c(N)cc(-c2nnnn2C2CC3CCC2O3)cc1F. The van der Waals surface area contributed by atoms with Crippen LogP contribution in [0.25, 0.3) is 11.4 Å². The molecule has 2 aromatic rings. The van der Waals surface area contributed by atoms with Crippen LogP contribution in [0.3, 0.4) is 0 Å². The lowest BCUT2D eigenvalue weighted by Gasteiger charge is -2.19. The number of ether oxygens (including phenoxy) is 1. The highest BCUT2D eigenvalue weighted by atomic mass is 19.1. The first-order chi connectivity index (χ1) is 10.1. The first kappa shape index (κ1) is 12.7. The zero-order valence-corrected chi connectivity index (χ0v) is 11.7. The van der Waals surface area contributed by atoms with Crippen molar-refractivity contribution in [1.82, 2.24) is 20.2 Å². The molecule has 0 radical (unpaired) electrons. The largest absolute Gasteiger partial charge is 0.398 e. The molecular weight excluding hydrogens is 273 g/mol. The molecule has 0 spiro atoms. The fourth-order valence-electron chi connectivity index (χ4n) is 3.30. The zero-order chi connectivity index (χ0) is 14.6. The fraction of sp³-hybridized carbons (Fsp3) is 0.500. The first-order valence-corrected chi connectivity index (χ1v) is 7.13. The van der Waals surface area contributed by atoms with Crippen LogP contribution in [0, 0.1) is 12.7 Å². The number of nitrogens with zero attached hydrogens (tertiary/aromatic N) is 4. The van der Waals surface area contributed by atoms with Gasteiger partial charge in [0.2, 0.25) is 0 Å². The van der Waals surface area contributed by atoms with Crippen LogP contribution in [0.5, 0.6) is 0 Å². The van der Waals surface area contributed by atoms with Crippen molar-refractivity contribution in [1.29, 1.82) is 0 Å². The average Bonchev–Trinajstić information content (AvgIpc) is 3.18. The summed E-state index contributed by atoms with van der Waals surface area (Å²) in [6.07, 6.45) is 3.50. The van der Waals surface area contributed by atoms with E-state index in [1.165, 1.54) is 6.07 Å². The summed E-state index contributed by atoms with van der Waals surface area (Å²) < 4.78 is 21.5. The smallest absolute Gasteiger partial charge is 0.182 e. The van der Waals surface area contributed by atoms with Crippen molar-refractivity contribution >= 4 is 5.69 Å². The molecule has 0 aliphatic carbocycles. The maximum absolute atomic E-state index is 13.9. The number of hydrogen-bond acceptors (Lipinski definition) is 5. The Labute approximate surface area is 121 Å². The second-order valence-corrected chi connectivity index (χ2v) is 5.80. The van der Waals surface area contributed by atoms with Gasteiger partial charge in [-0.3, -0.25) is 0 Å². The lowest BCUT2D eigenvalue weighted by molar-refractivity contribution is 0.0922. The zero-order valence-electron chi connectivity index (χ0n) is 11.7. The topological polar surface area (TPSA) is 78.9 Å². The molecular formula is C14H16FN5O. The van der Waals surface area contributed by atoms with Gasteiger partial charge in [-0.1, -0.05) is 0 Å². The molecule has 2 aliphatic rings. The Morgan fingerprint density at radius 2 is 2.24 bits per heavy atom. The van der Waals surface area contributed by atoms with E-state index >= 15 is 0 Å². The molecule has 2 aliphatic heterocycles. The number of fused-ring (bicyclic) bond motifs is 2. The van der Waals surface area contributed by atoms with Gasteiger partial charge in [0.1, 0.15) is 5.82 Å². The summed E-state index contributed by atoms with van der Waals surface area (Å²) in [7, 11) is 0. The molecule has 3 atom stereocenters. The molecule has 0 amide bonds. The molecule has 4 rings (SSSR count). The number of aromatic nitrogens is 4. The molecule has 7 heteroatoms. The summed E-state index contributed by atoms with van der Waals surface area (Å²) in [5, 5.41) is 11.9. The molecule has 2 fully saturated rings. The highest BCUT2D eigenvalue weighted by Crippen LogP contribution is 2.42. The van der Waals surface area contributed by atoms with Gasteiger partial charge in [0.05, 0.1) is 18.2 Å². The van der Waals surface area contributed by atoms with Gasteiger partial charge in [-0.2, -0.15) is 0 Å². The standard InChI is InChI=1S/C14H16FN5O/c1-7-10(15)4-8(5-11(7)16)14-17-18-19-20(14)12-6-9-2-3-13(12)21-9/h4-5,9,12-13H,2-3,6,16H2,1H3. The molecule has 3 unspecified atom stereocenters. The molecule has 2 N–H and O–H groups in total. The Morgan fingerprint density at radius 1 is 1.38 bits per heavy atom. The normalized spacial score (nSPS) is 27.4. The summed E-state index contributed by atoms with van der Waals surface area (Å²) in [4.78, 5) is 0. The van der Waals surface area contributed by atoms with E-state index in [0.717, 1.165) is 19.3 Å². The average molecular weight is 289 g/mol. The Bertz CT molecular complexity index is 677. The van der Waals surface area contributed by atoms with E-state index in [4.69, 9.17) is 10.5 Å². The minimum Gasteiger partial charge on any atom is -0.398 e. The number of tetrazole rings is 1. The summed E-state index contributed by atoms with van der Waals surface area (Å²) >= 11 is 0. The molecule has 3 heterocycles. The number of benzene rings is 1. The van der Waals surface area contributed by atoms with E-state index in [-0.39, 0.29) is 18.0 Å². The summed E-state index contributed by atoms with van der Waals surface area (Å²) in [5.41, 5.74) is 7.30. The van der Waals surface area contributed by atoms with Crippen molar-refractivity contribution < 1.29 is 9.13 Å². The predicted octanol–water partition coefficient (Wildman–Crippen LogP) is 1.86. The van der Waals surface area contributed by atoms with Gasteiger partial charge in [-0.05, 0) is 48.7 Å². The number of nitrogens with two attached hydrogens (primary N) is 1. The van der Waals surface area contributed by atoms with Gasteiger partial charge in [0.15, 0.2) is 5.82 Å². The summed E-state index contributed by atoms with van der Waals surface area (Å²) in [5.74, 6) is 0.200. The van der Waals surface area contributed by atoms with E-state index in [2.05, 4.69) is 15.5 Å². The first-order valence-electron chi connectivity index (χ1n) is 7.13. The van der Waals surface area contributed by atoms with Crippen LogP contribution < -0.4 is 5.73 Å². The monoisotopic (exact) mass is 289 g/mol. The fourth-order valence-corrected chi connectivity index (χ4v) is 3.30. The maximum Gasteiger partial charge on any atom is 0.182 e. The number of anilines is 1. The molecule has 6 nitrogen and oxygen atoms in total. The van der Waals surface area contributed by atoms with Gasteiger partial charge >= 0.3 is 0 Å². The third-order valence-electron chi connectivity index (χ3n) is 4.52. The van der Waals surface area contributed by atoms with Gasteiger partial charge in [0.25, 0.3) is 0 Å². The molecule has 21 heavy (non-hydrogen) atoms. The van der Waals surface area contributed by atoms with Crippen molar-refractivity contribution in [3.05, 3.63) is 23.5 Å². The van der Waals surface area contributed by atoms with Crippen LogP contribution in [0.15, 0.2) is 12.1 Å². The van der Waals surface area contributed by atoms with E-state index in [1.807, 2.05) is 0 Å². The number of rotatable bonds is 2. The van der Waals surface area contributed by atoms with Crippen molar-refractivity contribution in [3.8, 4) is 11.4 Å². The van der Waals surface area contributed by atoms with E-state index in [1.54, 1.807) is 17.7 Å². The lowest BCUT2D eigenvalue weighted by atomic mass is 9.95. The van der Waals surface area contributed by atoms with Crippen molar-refractivity contribution in [2.75, 3.05) is 5.73 Å². The van der Waals surface area contributed by atoms with Crippen molar-refractivity contribution in [2.45, 2.75) is 44.4 Å². The van der Waals surface area contributed by atoms with Crippen LogP contribution in [0.1, 0.15) is 30.9 Å². The summed E-state index contributed by atoms with van der Waals surface area (Å²) in [6.45, 7) is 1.65. The van der Waals surface area contributed by atoms with Crippen molar-refractivity contribution in [2.24, 2.45) is 0 Å². The van der Waals surface area contributed by atoms with Gasteiger partial charge in [-0.15, -0.1) is 5.10 Å². The maximum atomic E-state index is 13.9. The minimum atomic E-state index is -0.344. The molecule has 2 bridgehead atoms. The van der Waals surface area contributed by atoms with Crippen molar-refractivity contribution in [3.63, 3.8) is 0 Å². The van der Waals surface area contributed by atoms with Crippen LogP contribution in [0.4, 0.5) is 10.1 Å². The number of hydrogen-bond donors (Lipinski definition) is 1. The van der Waals surface area contributed by atoms with Crippen LogP contribution >= 0.6 is 0 Å². The Hall–Kier alpha value is -2.02. The predicted molar refractivity (Wildman–Crippen MR) is 73.9 cm³/mol. The second-order valence-electron chi connectivity index (χ2n) is 5.80. The quantitative estimate of drug-likeness (QED) is 0.854. The highest BCUT2D eigenvalue weighted by Gasteiger charge is 2.43. The molecule has 2 saturated heterocycles. The Kier molecular flexibility index (Phi) is 2.72. The lowest BCUT2D eigenvalue weighted by Crippen LogP contribution is -2.23. The third-order valence-corrected chi connectivity index (χ3v) is 4.52. The van der Waals surface area contributed by atoms with E-state index in [9.17, 15) is 4.39 Å². The third kappa shape index (κ3) is 1.91. The highest BCUT2D eigenvalue weighted by molar-refractivity contribution is 5.64. The van der Waals surface area contributed by atoms with Crippen LogP contribution in [0.2, 0.25) is 0 Å². The van der Waals surface area contributed by atoms with Gasteiger partial charge < -0.3 is 10.5 Å². The van der Waals surface area contributed by atoms with Crippen LogP contribution in [-0.4, -0.2) is 32.4 Å². The molecule has 0 saturated carbocycles. The van der Waals surface area contributed by atoms with E-state index in [0.29, 0.717) is 28.7 Å². The van der Waals surface area contributed by atoms with E-state index < -0.39 is 0 Å². The number of nitrogen functional groups attached to an aromatic ring is 1. The summed E-state index contributed by atoms with van der Waals surface area (Å²) in [6, 6.07) is 3.27. The molecule has 1 aromatic carbocycles. The van der Waals surface area contributed by atoms with Gasteiger partial charge in [0, 0.05) is 16.8 Å². The van der Waals surface area contributed by atoms with Gasteiger partial charge in [-0.25, -0.2) is 9.07 Å². The second kappa shape index (κ2) is 4.49. The van der Waals surface area contributed by atoms with Crippen LogP contribution in [-0.2, 0) is 4.74 Å². The number of halogens is 1. The molecule has 110 valence electrons. The Balaban J connectivity index is 1.76.